The van der Waals surface area contributed by atoms with Gasteiger partial charge in [0, 0.05) is 18.3 Å². The Balaban J connectivity index is 2.89. The van der Waals surface area contributed by atoms with Crippen molar-refractivity contribution in [1.29, 1.82) is 0 Å². The van der Waals surface area contributed by atoms with Crippen molar-refractivity contribution >= 4 is 23.3 Å². The number of halogens is 1. The predicted molar refractivity (Wildman–Crippen MR) is 77.7 cm³/mol. The van der Waals surface area contributed by atoms with Crippen LogP contribution >= 0.6 is 11.6 Å². The van der Waals surface area contributed by atoms with E-state index in [9.17, 15) is 4.79 Å². The molecule has 0 aromatic carbocycles. The van der Waals surface area contributed by atoms with Gasteiger partial charge in [-0.05, 0) is 38.8 Å². The fourth-order valence-corrected chi connectivity index (χ4v) is 1.59. The summed E-state index contributed by atoms with van der Waals surface area (Å²) in [5.41, 5.74) is 0.104. The van der Waals surface area contributed by atoms with Gasteiger partial charge in [0.2, 0.25) is 5.28 Å². The van der Waals surface area contributed by atoms with Gasteiger partial charge in [-0.2, -0.15) is 4.98 Å². The van der Waals surface area contributed by atoms with E-state index in [0.717, 1.165) is 19.4 Å². The van der Waals surface area contributed by atoms with E-state index in [1.807, 2.05) is 20.8 Å². The smallest absolute Gasteiger partial charge is 0.257 e. The van der Waals surface area contributed by atoms with Crippen molar-refractivity contribution in [2.24, 2.45) is 0 Å². The zero-order valence-corrected chi connectivity index (χ0v) is 12.6. The first-order chi connectivity index (χ1) is 8.83. The third-order valence-electron chi connectivity index (χ3n) is 2.32. The number of nitrogens with zero attached hydrogens (tertiary/aromatic N) is 2. The van der Waals surface area contributed by atoms with Crippen LogP contribution in [0.25, 0.3) is 0 Å². The molecule has 0 aliphatic heterocycles. The number of carbonyl (C=O) groups is 1. The minimum Gasteiger partial charge on any atom is -0.369 e. The second-order valence-corrected chi connectivity index (χ2v) is 5.72. The second kappa shape index (κ2) is 6.70. The highest BCUT2D eigenvalue weighted by atomic mass is 35.5. The zero-order chi connectivity index (χ0) is 14.5. The lowest BCUT2D eigenvalue weighted by Crippen LogP contribution is -2.41. The molecular formula is C13H21ClN4O. The average Bonchev–Trinajstić information content (AvgIpc) is 2.27. The van der Waals surface area contributed by atoms with Gasteiger partial charge in [0.15, 0.2) is 0 Å². The lowest BCUT2D eigenvalue weighted by molar-refractivity contribution is 0.0919. The number of unbranched alkanes of at least 4 members (excludes halogenated alkanes) is 1. The largest absolute Gasteiger partial charge is 0.369 e. The molecule has 0 spiro atoms. The highest BCUT2D eigenvalue weighted by Crippen LogP contribution is 2.15. The van der Waals surface area contributed by atoms with Gasteiger partial charge in [0.1, 0.15) is 11.4 Å². The number of nitrogens with one attached hydrogen (secondary N) is 2. The van der Waals surface area contributed by atoms with Crippen molar-refractivity contribution in [3.05, 3.63) is 17.0 Å². The molecule has 106 valence electrons. The standard InChI is InChI=1S/C13H21ClN4O/c1-5-6-7-15-10-9(8-16-12(14)17-10)11(19)18-13(2,3)4/h8H,5-7H2,1-4H3,(H,18,19)(H,15,16,17). The third-order valence-corrected chi connectivity index (χ3v) is 2.50. The van der Waals surface area contributed by atoms with Crippen LogP contribution in [0.4, 0.5) is 5.82 Å². The van der Waals surface area contributed by atoms with Crippen LogP contribution in [-0.2, 0) is 0 Å². The summed E-state index contributed by atoms with van der Waals surface area (Å²) < 4.78 is 0. The predicted octanol–water partition coefficient (Wildman–Crippen LogP) is 2.87. The molecule has 1 aromatic rings. The Bertz CT molecular complexity index is 443. The van der Waals surface area contributed by atoms with Crippen molar-refractivity contribution in [3.63, 3.8) is 0 Å². The maximum absolute atomic E-state index is 12.2. The first-order valence-electron chi connectivity index (χ1n) is 6.42. The summed E-state index contributed by atoms with van der Waals surface area (Å²) in [5, 5.41) is 6.14. The Kier molecular flexibility index (Phi) is 5.54. The maximum atomic E-state index is 12.2. The summed E-state index contributed by atoms with van der Waals surface area (Å²) in [5.74, 6) is 0.276. The Morgan fingerprint density at radius 3 is 2.68 bits per heavy atom. The molecule has 0 radical (unpaired) electrons. The molecule has 1 aromatic heterocycles. The Morgan fingerprint density at radius 2 is 2.11 bits per heavy atom. The number of hydrogen-bond donors (Lipinski definition) is 2. The topological polar surface area (TPSA) is 66.9 Å². The molecule has 0 saturated carbocycles. The first kappa shape index (κ1) is 15.7. The lowest BCUT2D eigenvalue weighted by atomic mass is 10.1. The summed E-state index contributed by atoms with van der Waals surface area (Å²) in [6.45, 7) is 8.62. The molecule has 1 amide bonds. The van der Waals surface area contributed by atoms with Crippen molar-refractivity contribution in [1.82, 2.24) is 15.3 Å². The molecule has 0 atom stereocenters. The van der Waals surface area contributed by atoms with E-state index in [-0.39, 0.29) is 16.7 Å². The summed E-state index contributed by atoms with van der Waals surface area (Å²) >= 11 is 5.77. The highest BCUT2D eigenvalue weighted by molar-refractivity contribution is 6.28. The van der Waals surface area contributed by atoms with Crippen molar-refractivity contribution in [3.8, 4) is 0 Å². The molecule has 6 heteroatoms. The Morgan fingerprint density at radius 1 is 1.42 bits per heavy atom. The summed E-state index contributed by atoms with van der Waals surface area (Å²) in [7, 11) is 0. The van der Waals surface area contributed by atoms with Crippen molar-refractivity contribution in [2.75, 3.05) is 11.9 Å². The number of amides is 1. The number of carbonyl (C=O) groups excluding carboxylic acids is 1. The van der Waals surface area contributed by atoms with Gasteiger partial charge >= 0.3 is 0 Å². The SMILES string of the molecule is CCCCNc1nc(Cl)ncc1C(=O)NC(C)(C)C. The molecule has 0 fully saturated rings. The van der Waals surface area contributed by atoms with E-state index in [0.29, 0.717) is 11.4 Å². The van der Waals surface area contributed by atoms with Crippen LogP contribution in [0.2, 0.25) is 5.28 Å². The van der Waals surface area contributed by atoms with Gasteiger partial charge < -0.3 is 10.6 Å². The average molecular weight is 285 g/mol. The molecule has 0 unspecified atom stereocenters. The zero-order valence-electron chi connectivity index (χ0n) is 11.9. The molecule has 0 bridgehead atoms. The van der Waals surface area contributed by atoms with Crippen LogP contribution in [0.15, 0.2) is 6.20 Å². The van der Waals surface area contributed by atoms with E-state index in [1.165, 1.54) is 6.20 Å². The maximum Gasteiger partial charge on any atom is 0.257 e. The van der Waals surface area contributed by atoms with E-state index < -0.39 is 0 Å². The number of aromatic nitrogens is 2. The number of anilines is 1. The van der Waals surface area contributed by atoms with E-state index in [4.69, 9.17) is 11.6 Å². The molecule has 19 heavy (non-hydrogen) atoms. The quantitative estimate of drug-likeness (QED) is 0.644. The van der Waals surface area contributed by atoms with Crippen LogP contribution in [0.1, 0.15) is 50.9 Å². The van der Waals surface area contributed by atoms with Crippen molar-refractivity contribution in [2.45, 2.75) is 46.1 Å². The minimum absolute atomic E-state index is 0.131. The monoisotopic (exact) mass is 284 g/mol. The molecule has 2 N–H and O–H groups in total. The van der Waals surface area contributed by atoms with Crippen LogP contribution in [-0.4, -0.2) is 28.0 Å². The van der Waals surface area contributed by atoms with Crippen LogP contribution < -0.4 is 10.6 Å². The van der Waals surface area contributed by atoms with E-state index in [1.54, 1.807) is 0 Å². The first-order valence-corrected chi connectivity index (χ1v) is 6.80. The van der Waals surface area contributed by atoms with E-state index in [2.05, 4.69) is 27.5 Å². The fourth-order valence-electron chi connectivity index (χ4n) is 1.45. The summed E-state index contributed by atoms with van der Waals surface area (Å²) in [6, 6.07) is 0. The summed E-state index contributed by atoms with van der Waals surface area (Å²) in [4.78, 5) is 20.1. The van der Waals surface area contributed by atoms with Gasteiger partial charge in [-0.3, -0.25) is 4.79 Å². The van der Waals surface area contributed by atoms with Gasteiger partial charge in [0.05, 0.1) is 0 Å². The second-order valence-electron chi connectivity index (χ2n) is 5.39. The molecule has 0 aliphatic carbocycles. The number of rotatable bonds is 5. The highest BCUT2D eigenvalue weighted by Gasteiger charge is 2.19. The molecular weight excluding hydrogens is 264 g/mol. The molecule has 0 aliphatic rings. The number of hydrogen-bond acceptors (Lipinski definition) is 4. The fraction of sp³-hybridized carbons (Fsp3) is 0.615. The van der Waals surface area contributed by atoms with Gasteiger partial charge in [-0.15, -0.1) is 0 Å². The molecule has 1 rings (SSSR count). The van der Waals surface area contributed by atoms with Crippen LogP contribution in [0.5, 0.6) is 0 Å². The normalized spacial score (nSPS) is 11.2. The molecule has 1 heterocycles. The van der Waals surface area contributed by atoms with Crippen molar-refractivity contribution < 1.29 is 4.79 Å². The minimum atomic E-state index is -0.308. The third kappa shape index (κ3) is 5.42. The Labute approximate surface area is 119 Å². The van der Waals surface area contributed by atoms with Gasteiger partial charge in [-0.1, -0.05) is 13.3 Å². The lowest BCUT2D eigenvalue weighted by Gasteiger charge is -2.21. The van der Waals surface area contributed by atoms with Gasteiger partial charge in [0.25, 0.3) is 5.91 Å². The van der Waals surface area contributed by atoms with Gasteiger partial charge in [-0.25, -0.2) is 4.98 Å². The molecule has 5 nitrogen and oxygen atoms in total. The Hall–Kier alpha value is -1.36. The summed E-state index contributed by atoms with van der Waals surface area (Å²) in [6.07, 6.45) is 3.52. The molecule has 0 saturated heterocycles. The van der Waals surface area contributed by atoms with Crippen LogP contribution in [0, 0.1) is 0 Å². The van der Waals surface area contributed by atoms with Crippen LogP contribution in [0.3, 0.4) is 0 Å². The van der Waals surface area contributed by atoms with E-state index >= 15 is 0 Å².